The minimum Gasteiger partial charge on any atom is -0.496 e. The topological polar surface area (TPSA) is 26.2 Å². The fourth-order valence-corrected chi connectivity index (χ4v) is 3.74. The Hall–Kier alpha value is -2.49. The van der Waals surface area contributed by atoms with Gasteiger partial charge in [0.25, 0.3) is 0 Å². The summed E-state index contributed by atoms with van der Waals surface area (Å²) in [6.07, 6.45) is 0. The first kappa shape index (κ1) is 19.3. The Morgan fingerprint density at radius 2 is 1.59 bits per heavy atom. The Kier molecular flexibility index (Phi) is 6.04. The predicted molar refractivity (Wildman–Crippen MR) is 116 cm³/mol. The van der Waals surface area contributed by atoms with E-state index >= 15 is 0 Å². The Bertz CT molecular complexity index is 1050. The Balaban J connectivity index is 0.00000210. The number of nitrogens with one attached hydrogen (secondary N) is 1. The fourth-order valence-electron chi connectivity index (χ4n) is 3.74. The molecule has 4 heteroatoms. The molecule has 0 bridgehead atoms. The van der Waals surface area contributed by atoms with Crippen LogP contribution in [0, 0.1) is 0 Å². The van der Waals surface area contributed by atoms with Crippen molar-refractivity contribution in [3.63, 3.8) is 0 Å². The molecule has 0 spiro atoms. The number of aryl methyl sites for hydroxylation is 1. The molecule has 0 radical (unpaired) electrons. The van der Waals surface area contributed by atoms with Crippen molar-refractivity contribution >= 4 is 34.2 Å². The normalized spacial score (nSPS) is 10.9. The maximum absolute atomic E-state index is 5.43. The quantitative estimate of drug-likeness (QED) is 0.475. The maximum Gasteiger partial charge on any atom is 0.123 e. The molecule has 3 nitrogen and oxygen atoms in total. The molecule has 1 aromatic heterocycles. The van der Waals surface area contributed by atoms with Gasteiger partial charge in [-0.15, -0.1) is 12.4 Å². The summed E-state index contributed by atoms with van der Waals surface area (Å²) in [5.41, 5.74) is 5.09. The monoisotopic (exact) mass is 380 g/mol. The van der Waals surface area contributed by atoms with E-state index in [1.54, 1.807) is 7.11 Å². The van der Waals surface area contributed by atoms with E-state index in [-0.39, 0.29) is 12.4 Å². The lowest BCUT2D eigenvalue weighted by molar-refractivity contribution is 0.407. The van der Waals surface area contributed by atoms with Crippen molar-refractivity contribution in [3.05, 3.63) is 77.9 Å². The van der Waals surface area contributed by atoms with E-state index in [1.165, 1.54) is 32.9 Å². The molecule has 4 rings (SSSR count). The van der Waals surface area contributed by atoms with Crippen LogP contribution in [0.4, 0.5) is 0 Å². The van der Waals surface area contributed by atoms with Gasteiger partial charge in [0, 0.05) is 47.0 Å². The third-order valence-corrected chi connectivity index (χ3v) is 4.99. The van der Waals surface area contributed by atoms with E-state index in [1.807, 2.05) is 18.2 Å². The van der Waals surface area contributed by atoms with Gasteiger partial charge in [-0.2, -0.15) is 0 Å². The van der Waals surface area contributed by atoms with Gasteiger partial charge in [-0.25, -0.2) is 0 Å². The molecule has 0 unspecified atom stereocenters. The van der Waals surface area contributed by atoms with E-state index in [0.717, 1.165) is 25.4 Å². The number of ether oxygens (including phenoxy) is 1. The van der Waals surface area contributed by atoms with Crippen molar-refractivity contribution in [3.8, 4) is 5.75 Å². The molecule has 0 aliphatic rings. The van der Waals surface area contributed by atoms with Crippen molar-refractivity contribution in [2.24, 2.45) is 0 Å². The van der Waals surface area contributed by atoms with Crippen LogP contribution in [0.1, 0.15) is 18.1 Å². The first-order valence-corrected chi connectivity index (χ1v) is 9.14. The molecule has 4 aromatic rings. The first-order valence-electron chi connectivity index (χ1n) is 9.14. The van der Waals surface area contributed by atoms with Crippen LogP contribution >= 0.6 is 12.4 Å². The van der Waals surface area contributed by atoms with Crippen LogP contribution in [-0.4, -0.2) is 11.7 Å². The van der Waals surface area contributed by atoms with Crippen molar-refractivity contribution in [1.29, 1.82) is 0 Å². The first-order chi connectivity index (χ1) is 12.8. The molecular weight excluding hydrogens is 356 g/mol. The van der Waals surface area contributed by atoms with Crippen molar-refractivity contribution in [1.82, 2.24) is 9.88 Å². The zero-order valence-electron chi connectivity index (χ0n) is 15.7. The summed E-state index contributed by atoms with van der Waals surface area (Å²) in [6.45, 7) is 4.81. The van der Waals surface area contributed by atoms with Crippen LogP contribution in [0.15, 0.2) is 66.7 Å². The van der Waals surface area contributed by atoms with Gasteiger partial charge in [0.05, 0.1) is 7.11 Å². The van der Waals surface area contributed by atoms with E-state index in [9.17, 15) is 0 Å². The summed E-state index contributed by atoms with van der Waals surface area (Å²) >= 11 is 0. The summed E-state index contributed by atoms with van der Waals surface area (Å²) in [5.74, 6) is 0.932. The molecule has 0 saturated heterocycles. The molecule has 0 aliphatic heterocycles. The summed E-state index contributed by atoms with van der Waals surface area (Å²) in [4.78, 5) is 0. The predicted octanol–water partition coefficient (Wildman–Crippen LogP) is 5.53. The Labute approximate surface area is 166 Å². The highest BCUT2D eigenvalue weighted by Gasteiger charge is 2.09. The lowest BCUT2D eigenvalue weighted by Crippen LogP contribution is -2.13. The smallest absolute Gasteiger partial charge is 0.123 e. The van der Waals surface area contributed by atoms with E-state index in [0.29, 0.717) is 0 Å². The standard InChI is InChI=1S/C23H24N2O.ClH/c1-3-25-21-10-6-5-9-19(21)20-14-17(12-13-22(20)25)15-24-16-18-8-4-7-11-23(18)26-2;/h4-14,24H,3,15-16H2,1-2H3;1H. The number of halogens is 1. The van der Waals surface area contributed by atoms with Gasteiger partial charge in [-0.05, 0) is 36.8 Å². The second-order valence-electron chi connectivity index (χ2n) is 6.53. The van der Waals surface area contributed by atoms with Gasteiger partial charge in [-0.1, -0.05) is 42.5 Å². The summed E-state index contributed by atoms with van der Waals surface area (Å²) in [6, 6.07) is 23.6. The second-order valence-corrected chi connectivity index (χ2v) is 6.53. The number of rotatable bonds is 6. The zero-order chi connectivity index (χ0) is 17.9. The maximum atomic E-state index is 5.43. The largest absolute Gasteiger partial charge is 0.496 e. The molecule has 27 heavy (non-hydrogen) atoms. The van der Waals surface area contributed by atoms with Crippen LogP contribution in [-0.2, 0) is 19.6 Å². The molecule has 1 N–H and O–H groups in total. The molecular formula is C23H25ClN2O. The van der Waals surface area contributed by atoms with Gasteiger partial charge in [0.1, 0.15) is 5.75 Å². The highest BCUT2D eigenvalue weighted by atomic mass is 35.5. The molecule has 0 atom stereocenters. The number of aromatic nitrogens is 1. The Morgan fingerprint density at radius 3 is 2.41 bits per heavy atom. The molecule has 140 valence electrons. The minimum absolute atomic E-state index is 0. The summed E-state index contributed by atoms with van der Waals surface area (Å²) < 4.78 is 7.81. The van der Waals surface area contributed by atoms with Crippen LogP contribution in [0.2, 0.25) is 0 Å². The van der Waals surface area contributed by atoms with Gasteiger partial charge in [0.2, 0.25) is 0 Å². The van der Waals surface area contributed by atoms with Crippen molar-refractivity contribution < 1.29 is 4.74 Å². The fraction of sp³-hybridized carbons (Fsp3) is 0.217. The average Bonchev–Trinajstić information content (AvgIpc) is 3.01. The van der Waals surface area contributed by atoms with E-state index < -0.39 is 0 Å². The summed E-state index contributed by atoms with van der Waals surface area (Å²) in [7, 11) is 1.72. The number of para-hydroxylation sites is 2. The van der Waals surface area contributed by atoms with E-state index in [4.69, 9.17) is 4.74 Å². The molecule has 0 fully saturated rings. The molecule has 0 amide bonds. The highest BCUT2D eigenvalue weighted by Crippen LogP contribution is 2.29. The third-order valence-electron chi connectivity index (χ3n) is 4.99. The van der Waals surface area contributed by atoms with Gasteiger partial charge in [-0.3, -0.25) is 0 Å². The number of hydrogen-bond acceptors (Lipinski definition) is 2. The highest BCUT2D eigenvalue weighted by molar-refractivity contribution is 6.08. The minimum atomic E-state index is 0. The van der Waals surface area contributed by atoms with Crippen LogP contribution < -0.4 is 10.1 Å². The van der Waals surface area contributed by atoms with Crippen molar-refractivity contribution in [2.75, 3.05) is 7.11 Å². The van der Waals surface area contributed by atoms with Gasteiger partial charge < -0.3 is 14.6 Å². The van der Waals surface area contributed by atoms with E-state index in [2.05, 4.69) is 65.3 Å². The number of methoxy groups -OCH3 is 1. The lowest BCUT2D eigenvalue weighted by atomic mass is 10.1. The molecule has 0 saturated carbocycles. The van der Waals surface area contributed by atoms with Crippen LogP contribution in [0.3, 0.4) is 0 Å². The molecule has 3 aromatic carbocycles. The van der Waals surface area contributed by atoms with Crippen LogP contribution in [0.25, 0.3) is 21.8 Å². The average molecular weight is 381 g/mol. The third kappa shape index (κ3) is 3.66. The SMILES string of the molecule is CCn1c2ccccc2c2cc(CNCc3ccccc3OC)ccc21.Cl. The van der Waals surface area contributed by atoms with Crippen molar-refractivity contribution in [2.45, 2.75) is 26.6 Å². The number of hydrogen-bond donors (Lipinski definition) is 1. The summed E-state index contributed by atoms with van der Waals surface area (Å²) in [5, 5.41) is 6.20. The Morgan fingerprint density at radius 1 is 0.852 bits per heavy atom. The number of nitrogens with zero attached hydrogens (tertiary/aromatic N) is 1. The van der Waals surface area contributed by atoms with Gasteiger partial charge in [0.15, 0.2) is 0 Å². The molecule has 1 heterocycles. The van der Waals surface area contributed by atoms with Crippen LogP contribution in [0.5, 0.6) is 5.75 Å². The molecule has 0 aliphatic carbocycles. The lowest BCUT2D eigenvalue weighted by Gasteiger charge is -2.10. The number of benzene rings is 3. The second kappa shape index (κ2) is 8.47. The number of fused-ring (bicyclic) bond motifs is 3. The van der Waals surface area contributed by atoms with Gasteiger partial charge >= 0.3 is 0 Å². The zero-order valence-corrected chi connectivity index (χ0v) is 16.6.